The molecule has 0 aromatic heterocycles. The first-order chi connectivity index (χ1) is 11.5. The smallest absolute Gasteiger partial charge is 0.244 e. The number of hydrogen-bond donors (Lipinski definition) is 1. The Bertz CT molecular complexity index is 636. The molecule has 6 heteroatoms. The highest BCUT2D eigenvalue weighted by molar-refractivity contribution is 5.99. The Morgan fingerprint density at radius 2 is 2.00 bits per heavy atom. The molecule has 1 aromatic carbocycles. The van der Waals surface area contributed by atoms with Crippen LogP contribution < -0.4 is 10.2 Å². The lowest BCUT2D eigenvalue weighted by Gasteiger charge is -2.38. The minimum atomic E-state index is -0.366. The molecule has 2 fully saturated rings. The van der Waals surface area contributed by atoms with Crippen LogP contribution in [0.5, 0.6) is 0 Å². The molecule has 0 unspecified atom stereocenters. The van der Waals surface area contributed by atoms with Crippen molar-refractivity contribution in [3.8, 4) is 0 Å². The summed E-state index contributed by atoms with van der Waals surface area (Å²) >= 11 is 0. The van der Waals surface area contributed by atoms with Crippen LogP contribution in [0.3, 0.4) is 0 Å². The zero-order valence-corrected chi connectivity index (χ0v) is 14.2. The predicted molar refractivity (Wildman–Crippen MR) is 90.1 cm³/mol. The number of hydrogen-bond acceptors (Lipinski definition) is 3. The van der Waals surface area contributed by atoms with Gasteiger partial charge in [-0.2, -0.15) is 0 Å². The molecule has 130 valence electrons. The van der Waals surface area contributed by atoms with E-state index in [9.17, 15) is 14.0 Å². The number of para-hydroxylation sites is 1. The lowest BCUT2D eigenvalue weighted by molar-refractivity contribution is -0.131. The first-order valence-electron chi connectivity index (χ1n) is 8.55. The van der Waals surface area contributed by atoms with Gasteiger partial charge in [-0.1, -0.05) is 19.1 Å². The molecular formula is C18H24FN3O2. The fraction of sp³-hybridized carbons (Fsp3) is 0.556. The van der Waals surface area contributed by atoms with E-state index in [4.69, 9.17) is 0 Å². The third-order valence-corrected chi connectivity index (χ3v) is 5.11. The van der Waals surface area contributed by atoms with Crippen LogP contribution in [-0.4, -0.2) is 48.4 Å². The van der Waals surface area contributed by atoms with Gasteiger partial charge in [0.05, 0.1) is 11.7 Å². The molecular weight excluding hydrogens is 309 g/mol. The van der Waals surface area contributed by atoms with E-state index >= 15 is 0 Å². The molecule has 5 nitrogen and oxygen atoms in total. The second-order valence-corrected chi connectivity index (χ2v) is 6.79. The minimum absolute atomic E-state index is 0.0682. The third kappa shape index (κ3) is 3.29. The molecule has 0 saturated carbocycles. The number of nitrogens with one attached hydrogen (secondary N) is 1. The Morgan fingerprint density at radius 1 is 1.25 bits per heavy atom. The molecule has 0 spiro atoms. The van der Waals surface area contributed by atoms with Gasteiger partial charge in [-0.05, 0) is 30.9 Å². The van der Waals surface area contributed by atoms with E-state index in [1.807, 2.05) is 4.90 Å². The van der Waals surface area contributed by atoms with Crippen molar-refractivity contribution in [1.29, 1.82) is 0 Å². The molecule has 24 heavy (non-hydrogen) atoms. The molecule has 3 atom stereocenters. The summed E-state index contributed by atoms with van der Waals surface area (Å²) < 4.78 is 13.9. The molecule has 0 radical (unpaired) electrons. The molecule has 1 aromatic rings. The van der Waals surface area contributed by atoms with Gasteiger partial charge in [0.2, 0.25) is 11.8 Å². The van der Waals surface area contributed by atoms with Crippen LogP contribution in [0.1, 0.15) is 26.7 Å². The Hall–Kier alpha value is -1.95. The molecule has 2 amide bonds. The first-order valence-corrected chi connectivity index (χ1v) is 8.55. The zero-order chi connectivity index (χ0) is 17.3. The average Bonchev–Trinajstić information content (AvgIpc) is 2.90. The normalized spacial score (nSPS) is 27.6. The summed E-state index contributed by atoms with van der Waals surface area (Å²) in [5.41, 5.74) is 0.353. The van der Waals surface area contributed by atoms with Crippen LogP contribution >= 0.6 is 0 Å². The van der Waals surface area contributed by atoms with E-state index in [1.165, 1.54) is 11.0 Å². The van der Waals surface area contributed by atoms with Crippen molar-refractivity contribution in [2.45, 2.75) is 38.8 Å². The van der Waals surface area contributed by atoms with Crippen molar-refractivity contribution < 1.29 is 14.0 Å². The number of halogens is 1. The summed E-state index contributed by atoms with van der Waals surface area (Å²) in [6, 6.07) is 6.31. The third-order valence-electron chi connectivity index (χ3n) is 5.11. The van der Waals surface area contributed by atoms with E-state index in [-0.39, 0.29) is 35.6 Å². The van der Waals surface area contributed by atoms with Gasteiger partial charge >= 0.3 is 0 Å². The summed E-state index contributed by atoms with van der Waals surface area (Å²) in [6.07, 6.45) is 1.51. The SMILES string of the molecule is CC(=O)N1CC[C@H](N[C@@H]2CCN(c3ccccc3F)C2=O)[C@H](C)C1. The van der Waals surface area contributed by atoms with Gasteiger partial charge in [0.15, 0.2) is 0 Å². The van der Waals surface area contributed by atoms with E-state index in [2.05, 4.69) is 12.2 Å². The minimum Gasteiger partial charge on any atom is -0.343 e. The maximum atomic E-state index is 13.9. The summed E-state index contributed by atoms with van der Waals surface area (Å²) in [7, 11) is 0. The van der Waals surface area contributed by atoms with Crippen molar-refractivity contribution in [2.24, 2.45) is 5.92 Å². The number of likely N-dealkylation sites (tertiary alicyclic amines) is 1. The van der Waals surface area contributed by atoms with Crippen LogP contribution in [0.25, 0.3) is 0 Å². The van der Waals surface area contributed by atoms with Crippen molar-refractivity contribution in [3.05, 3.63) is 30.1 Å². The lowest BCUT2D eigenvalue weighted by atomic mass is 9.93. The van der Waals surface area contributed by atoms with E-state index in [1.54, 1.807) is 25.1 Å². The number of rotatable bonds is 3. The number of carbonyl (C=O) groups excluding carboxylic acids is 2. The summed E-state index contributed by atoms with van der Waals surface area (Å²) in [5.74, 6) is -0.0446. The van der Waals surface area contributed by atoms with Crippen LogP contribution in [0.15, 0.2) is 24.3 Å². The lowest BCUT2D eigenvalue weighted by Crippen LogP contribution is -2.53. The average molecular weight is 333 g/mol. The van der Waals surface area contributed by atoms with Crippen molar-refractivity contribution in [2.75, 3.05) is 24.5 Å². The van der Waals surface area contributed by atoms with Gasteiger partial charge in [0.25, 0.3) is 0 Å². The standard InChI is InChI=1S/C18H24FN3O2/c1-12-11-21(13(2)23)9-7-15(12)20-16-8-10-22(18(16)24)17-6-4-3-5-14(17)19/h3-6,12,15-16,20H,7-11H2,1-2H3/t12-,15+,16-/m1/s1. The fourth-order valence-corrected chi connectivity index (χ4v) is 3.68. The van der Waals surface area contributed by atoms with Crippen molar-refractivity contribution >= 4 is 17.5 Å². The van der Waals surface area contributed by atoms with Crippen LogP contribution in [0.2, 0.25) is 0 Å². The Morgan fingerprint density at radius 3 is 2.67 bits per heavy atom. The molecule has 2 saturated heterocycles. The van der Waals surface area contributed by atoms with Gasteiger partial charge in [0, 0.05) is 32.6 Å². The van der Waals surface area contributed by atoms with Gasteiger partial charge in [-0.25, -0.2) is 4.39 Å². The monoisotopic (exact) mass is 333 g/mol. The fourth-order valence-electron chi connectivity index (χ4n) is 3.68. The quantitative estimate of drug-likeness (QED) is 0.917. The number of anilines is 1. The second kappa shape index (κ2) is 6.89. The number of amides is 2. The molecule has 3 rings (SSSR count). The highest BCUT2D eigenvalue weighted by Crippen LogP contribution is 2.26. The van der Waals surface area contributed by atoms with Crippen molar-refractivity contribution in [3.63, 3.8) is 0 Å². The summed E-state index contributed by atoms with van der Waals surface area (Å²) in [4.78, 5) is 27.5. The summed E-state index contributed by atoms with van der Waals surface area (Å²) in [5, 5.41) is 3.44. The Kier molecular flexibility index (Phi) is 4.85. The Balaban J connectivity index is 1.62. The highest BCUT2D eigenvalue weighted by atomic mass is 19.1. The number of carbonyl (C=O) groups is 2. The maximum absolute atomic E-state index is 13.9. The van der Waals surface area contributed by atoms with Gasteiger partial charge < -0.3 is 15.1 Å². The molecule has 0 bridgehead atoms. The molecule has 2 aliphatic heterocycles. The molecule has 1 N–H and O–H groups in total. The van der Waals surface area contributed by atoms with Gasteiger partial charge in [0.1, 0.15) is 5.82 Å². The Labute approximate surface area is 141 Å². The van der Waals surface area contributed by atoms with E-state index < -0.39 is 0 Å². The molecule has 2 aliphatic rings. The van der Waals surface area contributed by atoms with Crippen LogP contribution in [0.4, 0.5) is 10.1 Å². The van der Waals surface area contributed by atoms with Crippen LogP contribution in [-0.2, 0) is 9.59 Å². The maximum Gasteiger partial charge on any atom is 0.244 e. The zero-order valence-electron chi connectivity index (χ0n) is 14.2. The summed E-state index contributed by atoms with van der Waals surface area (Å²) in [6.45, 7) is 5.65. The van der Waals surface area contributed by atoms with E-state index in [0.717, 1.165) is 13.0 Å². The first kappa shape index (κ1) is 16.9. The molecule has 0 aliphatic carbocycles. The highest BCUT2D eigenvalue weighted by Gasteiger charge is 2.37. The topological polar surface area (TPSA) is 52.7 Å². The largest absolute Gasteiger partial charge is 0.343 e. The van der Waals surface area contributed by atoms with E-state index in [0.29, 0.717) is 25.2 Å². The van der Waals surface area contributed by atoms with Gasteiger partial charge in [-0.3, -0.25) is 9.59 Å². The number of benzene rings is 1. The number of piperidine rings is 1. The predicted octanol–water partition coefficient (Wildman–Crippen LogP) is 1.78. The van der Waals surface area contributed by atoms with Crippen LogP contribution in [0, 0.1) is 11.7 Å². The van der Waals surface area contributed by atoms with Gasteiger partial charge in [-0.15, -0.1) is 0 Å². The second-order valence-electron chi connectivity index (χ2n) is 6.79. The molecule has 2 heterocycles. The van der Waals surface area contributed by atoms with Crippen molar-refractivity contribution in [1.82, 2.24) is 10.2 Å². The number of nitrogens with zero attached hydrogens (tertiary/aromatic N) is 2.